The van der Waals surface area contributed by atoms with E-state index in [1.807, 2.05) is 0 Å². The highest BCUT2D eigenvalue weighted by Gasteiger charge is 2.35. The largest absolute Gasteiger partial charge is 0.377 e. The van der Waals surface area contributed by atoms with Crippen LogP contribution in [-0.4, -0.2) is 58.1 Å². The molecule has 3 N–H and O–H groups in total. The Balaban J connectivity index is 0.00000261. The summed E-state index contributed by atoms with van der Waals surface area (Å²) in [5.41, 5.74) is 6.24. The third-order valence-electron chi connectivity index (χ3n) is 5.27. The molecular formula is C18H28ClN3O4S. The fourth-order valence-corrected chi connectivity index (χ4v) is 4.48. The van der Waals surface area contributed by atoms with Crippen LogP contribution in [0.15, 0.2) is 29.2 Å². The third kappa shape index (κ3) is 5.20. The van der Waals surface area contributed by atoms with Gasteiger partial charge in [0.15, 0.2) is 0 Å². The molecule has 0 radical (unpaired) electrons. The molecule has 9 heteroatoms. The number of ether oxygens (including phenoxy) is 1. The Bertz CT molecular complexity index is 750. The lowest BCUT2D eigenvalue weighted by Crippen LogP contribution is -2.34. The van der Waals surface area contributed by atoms with Gasteiger partial charge in [-0.15, -0.1) is 12.4 Å². The number of sulfonamides is 1. The first-order valence-electron chi connectivity index (χ1n) is 9.04. The number of carbonyl (C=O) groups excluding carboxylic acids is 1. The molecule has 2 saturated heterocycles. The molecular weight excluding hydrogens is 390 g/mol. The fourth-order valence-electron chi connectivity index (χ4n) is 3.41. The molecule has 1 aromatic carbocycles. The van der Waals surface area contributed by atoms with Gasteiger partial charge in [0.05, 0.1) is 11.0 Å². The van der Waals surface area contributed by atoms with Gasteiger partial charge in [0.25, 0.3) is 5.91 Å². The lowest BCUT2D eigenvalue weighted by atomic mass is 9.90. The highest BCUT2D eigenvalue weighted by molar-refractivity contribution is 7.89. The van der Waals surface area contributed by atoms with Gasteiger partial charge in [-0.05, 0) is 55.5 Å². The van der Waals surface area contributed by atoms with Crippen LogP contribution >= 0.6 is 12.4 Å². The zero-order chi connectivity index (χ0) is 18.8. The molecule has 2 atom stereocenters. The average molecular weight is 418 g/mol. The Kier molecular flexibility index (Phi) is 7.27. The SMILES string of the molecule is CC1(CN)CCN(C(=O)c2ccc(S(=O)(=O)NCC3CCCO3)cc2)C1.Cl. The number of nitrogens with one attached hydrogen (secondary N) is 1. The predicted octanol–water partition coefficient (Wildman–Crippen LogP) is 1.38. The van der Waals surface area contributed by atoms with E-state index in [4.69, 9.17) is 10.5 Å². The van der Waals surface area contributed by atoms with Crippen LogP contribution in [0.5, 0.6) is 0 Å². The Hall–Kier alpha value is -1.19. The maximum Gasteiger partial charge on any atom is 0.253 e. The number of halogens is 1. The van der Waals surface area contributed by atoms with Gasteiger partial charge in [0, 0.05) is 31.8 Å². The highest BCUT2D eigenvalue weighted by Crippen LogP contribution is 2.29. The first kappa shape index (κ1) is 22.1. The Morgan fingerprint density at radius 3 is 2.63 bits per heavy atom. The normalized spacial score (nSPS) is 25.4. The molecule has 0 aliphatic carbocycles. The quantitative estimate of drug-likeness (QED) is 0.727. The molecule has 1 aromatic rings. The maximum absolute atomic E-state index is 12.6. The first-order chi connectivity index (χ1) is 12.3. The Labute approximate surface area is 167 Å². The number of hydrogen-bond donors (Lipinski definition) is 2. The van der Waals surface area contributed by atoms with Crippen molar-refractivity contribution in [2.24, 2.45) is 11.1 Å². The van der Waals surface area contributed by atoms with Crippen molar-refractivity contribution in [1.29, 1.82) is 0 Å². The van der Waals surface area contributed by atoms with Gasteiger partial charge >= 0.3 is 0 Å². The van der Waals surface area contributed by atoms with E-state index in [1.165, 1.54) is 12.1 Å². The van der Waals surface area contributed by atoms with Crippen LogP contribution < -0.4 is 10.5 Å². The molecule has 2 heterocycles. The van der Waals surface area contributed by atoms with Crippen LogP contribution in [0.3, 0.4) is 0 Å². The summed E-state index contributed by atoms with van der Waals surface area (Å²) < 4.78 is 32.8. The van der Waals surface area contributed by atoms with Crippen molar-refractivity contribution in [3.63, 3.8) is 0 Å². The van der Waals surface area contributed by atoms with Gasteiger partial charge in [0.1, 0.15) is 0 Å². The monoisotopic (exact) mass is 417 g/mol. The second kappa shape index (κ2) is 8.87. The van der Waals surface area contributed by atoms with Crippen LogP contribution in [0.25, 0.3) is 0 Å². The van der Waals surface area contributed by atoms with Gasteiger partial charge in [-0.3, -0.25) is 4.79 Å². The van der Waals surface area contributed by atoms with Crippen LogP contribution in [0.4, 0.5) is 0 Å². The molecule has 0 bridgehead atoms. The summed E-state index contributed by atoms with van der Waals surface area (Å²) >= 11 is 0. The van der Waals surface area contributed by atoms with E-state index in [1.54, 1.807) is 17.0 Å². The van der Waals surface area contributed by atoms with Gasteiger partial charge in [-0.2, -0.15) is 0 Å². The second-order valence-electron chi connectivity index (χ2n) is 7.50. The summed E-state index contributed by atoms with van der Waals surface area (Å²) in [4.78, 5) is 14.6. The number of carbonyl (C=O) groups is 1. The van der Waals surface area contributed by atoms with Crippen molar-refractivity contribution < 1.29 is 17.9 Å². The van der Waals surface area contributed by atoms with Crippen molar-refractivity contribution in [1.82, 2.24) is 9.62 Å². The second-order valence-corrected chi connectivity index (χ2v) is 9.27. The van der Waals surface area contributed by atoms with Crippen LogP contribution in [0.1, 0.15) is 36.5 Å². The molecule has 152 valence electrons. The smallest absolute Gasteiger partial charge is 0.253 e. The number of benzene rings is 1. The molecule has 0 aromatic heterocycles. The van der Waals surface area contributed by atoms with Crippen molar-refractivity contribution in [3.8, 4) is 0 Å². The Morgan fingerprint density at radius 1 is 1.37 bits per heavy atom. The Morgan fingerprint density at radius 2 is 2.07 bits per heavy atom. The van der Waals surface area contributed by atoms with Crippen molar-refractivity contribution in [2.45, 2.75) is 37.2 Å². The molecule has 27 heavy (non-hydrogen) atoms. The van der Waals surface area contributed by atoms with E-state index in [0.29, 0.717) is 31.8 Å². The molecule has 3 rings (SSSR count). The molecule has 0 saturated carbocycles. The number of likely N-dealkylation sites (tertiary alicyclic amines) is 1. The summed E-state index contributed by atoms with van der Waals surface area (Å²) in [7, 11) is -3.60. The number of hydrogen-bond acceptors (Lipinski definition) is 5. The van der Waals surface area contributed by atoms with Crippen molar-refractivity contribution in [2.75, 3.05) is 32.8 Å². The molecule has 1 amide bonds. The van der Waals surface area contributed by atoms with E-state index in [2.05, 4.69) is 11.6 Å². The first-order valence-corrected chi connectivity index (χ1v) is 10.5. The summed E-state index contributed by atoms with van der Waals surface area (Å²) in [6.07, 6.45) is 2.66. The number of nitrogens with zero attached hydrogens (tertiary/aromatic N) is 1. The van der Waals surface area contributed by atoms with Crippen LogP contribution in [0, 0.1) is 5.41 Å². The van der Waals surface area contributed by atoms with E-state index in [-0.39, 0.29) is 41.3 Å². The minimum Gasteiger partial charge on any atom is -0.377 e. The van der Waals surface area contributed by atoms with E-state index < -0.39 is 10.0 Å². The van der Waals surface area contributed by atoms with Crippen LogP contribution in [0.2, 0.25) is 0 Å². The minimum absolute atomic E-state index is 0. The van der Waals surface area contributed by atoms with E-state index in [0.717, 1.165) is 19.3 Å². The number of rotatable bonds is 6. The molecule has 2 aliphatic rings. The fraction of sp³-hybridized carbons (Fsp3) is 0.611. The highest BCUT2D eigenvalue weighted by atomic mass is 35.5. The number of nitrogens with two attached hydrogens (primary N) is 1. The van der Waals surface area contributed by atoms with E-state index >= 15 is 0 Å². The van der Waals surface area contributed by atoms with Gasteiger partial charge in [-0.1, -0.05) is 6.92 Å². The summed E-state index contributed by atoms with van der Waals surface area (Å²) in [5.74, 6) is -0.0848. The summed E-state index contributed by atoms with van der Waals surface area (Å²) in [6.45, 7) is 4.89. The van der Waals surface area contributed by atoms with E-state index in [9.17, 15) is 13.2 Å². The molecule has 2 unspecified atom stereocenters. The maximum atomic E-state index is 12.6. The van der Waals surface area contributed by atoms with Gasteiger partial charge in [-0.25, -0.2) is 13.1 Å². The molecule has 2 aliphatic heterocycles. The summed E-state index contributed by atoms with van der Waals surface area (Å²) in [5, 5.41) is 0. The lowest BCUT2D eigenvalue weighted by Gasteiger charge is -2.22. The zero-order valence-corrected chi connectivity index (χ0v) is 17.2. The summed E-state index contributed by atoms with van der Waals surface area (Å²) in [6, 6.07) is 6.09. The topological polar surface area (TPSA) is 102 Å². The third-order valence-corrected chi connectivity index (χ3v) is 6.71. The molecule has 7 nitrogen and oxygen atoms in total. The van der Waals surface area contributed by atoms with Crippen LogP contribution in [-0.2, 0) is 14.8 Å². The van der Waals surface area contributed by atoms with Crippen molar-refractivity contribution >= 4 is 28.3 Å². The molecule has 2 fully saturated rings. The zero-order valence-electron chi connectivity index (χ0n) is 15.5. The number of amides is 1. The molecule has 0 spiro atoms. The minimum atomic E-state index is -3.60. The average Bonchev–Trinajstić information content (AvgIpc) is 3.30. The van der Waals surface area contributed by atoms with Gasteiger partial charge in [0.2, 0.25) is 10.0 Å². The van der Waals surface area contributed by atoms with Crippen molar-refractivity contribution in [3.05, 3.63) is 29.8 Å². The van der Waals surface area contributed by atoms with Gasteiger partial charge < -0.3 is 15.4 Å². The lowest BCUT2D eigenvalue weighted by molar-refractivity contribution is 0.0777. The predicted molar refractivity (Wildman–Crippen MR) is 106 cm³/mol. The standard InChI is InChI=1S/C18H27N3O4S.ClH/c1-18(12-19)8-9-21(13-18)17(22)14-4-6-16(7-5-14)26(23,24)20-11-15-3-2-10-25-15;/h4-7,15,20H,2-3,8-13,19H2,1H3;1H.